The zero-order valence-electron chi connectivity index (χ0n) is 17.2. The number of morpholine rings is 1. The molecule has 8 nitrogen and oxygen atoms in total. The van der Waals surface area contributed by atoms with Crippen LogP contribution < -0.4 is 10.0 Å². The Bertz CT molecular complexity index is 1150. The summed E-state index contributed by atoms with van der Waals surface area (Å²) in [5.74, 6) is 1.59. The number of thiophene rings is 2. The molecule has 3 aromatic heterocycles. The second kappa shape index (κ2) is 8.85. The lowest BCUT2D eigenvalue weighted by atomic mass is 10.2. The van der Waals surface area contributed by atoms with Crippen molar-refractivity contribution in [3.05, 3.63) is 33.3 Å². The van der Waals surface area contributed by atoms with Gasteiger partial charge in [-0.25, -0.2) is 23.1 Å². The van der Waals surface area contributed by atoms with Gasteiger partial charge in [-0.15, -0.1) is 22.7 Å². The molecule has 1 saturated heterocycles. The molecule has 0 aliphatic carbocycles. The molecule has 0 saturated carbocycles. The van der Waals surface area contributed by atoms with E-state index in [4.69, 9.17) is 14.7 Å². The van der Waals surface area contributed by atoms with Crippen LogP contribution in [0, 0.1) is 13.8 Å². The van der Waals surface area contributed by atoms with Crippen molar-refractivity contribution >= 4 is 48.7 Å². The normalized spacial score (nSPS) is 15.7. The zero-order valence-corrected chi connectivity index (χ0v) is 19.6. The lowest BCUT2D eigenvalue weighted by Crippen LogP contribution is -2.36. The van der Waals surface area contributed by atoms with E-state index in [2.05, 4.69) is 28.8 Å². The average Bonchev–Trinajstić information content (AvgIpc) is 3.32. The van der Waals surface area contributed by atoms with E-state index in [1.807, 2.05) is 6.07 Å². The molecule has 0 bridgehead atoms. The molecule has 11 heteroatoms. The van der Waals surface area contributed by atoms with Gasteiger partial charge in [0.25, 0.3) is 0 Å². The number of anilines is 1. The molecule has 1 aliphatic heterocycles. The van der Waals surface area contributed by atoms with E-state index in [-0.39, 0.29) is 0 Å². The molecular formula is C19H25N5O3S3. The summed E-state index contributed by atoms with van der Waals surface area (Å²) in [4.78, 5) is 15.1. The quantitative estimate of drug-likeness (QED) is 0.551. The maximum Gasteiger partial charge on any atom is 0.249 e. The molecular weight excluding hydrogens is 442 g/mol. The molecule has 162 valence electrons. The highest BCUT2D eigenvalue weighted by Crippen LogP contribution is 2.34. The summed E-state index contributed by atoms with van der Waals surface area (Å²) in [7, 11) is -2.00. The molecule has 0 aromatic carbocycles. The third-order valence-electron chi connectivity index (χ3n) is 5.14. The van der Waals surface area contributed by atoms with Crippen molar-refractivity contribution in [1.29, 1.82) is 0 Å². The standard InChI is InChI=1S/C19H25N5O3S3/c1-12-13(2)28-19-17(12)18(22-15(23-19)11-24-6-8-27-9-7-24)21-10-14-4-5-16(29-14)30(25,26)20-3/h4-5,20H,6-11H2,1-3H3,(H,21,22,23). The average molecular weight is 468 g/mol. The summed E-state index contributed by atoms with van der Waals surface area (Å²) in [6.45, 7) is 8.61. The van der Waals surface area contributed by atoms with Gasteiger partial charge in [0.1, 0.15) is 20.7 Å². The fourth-order valence-corrected chi connectivity index (χ4v) is 6.50. The maximum atomic E-state index is 12.0. The summed E-state index contributed by atoms with van der Waals surface area (Å²) in [6, 6.07) is 3.47. The Balaban J connectivity index is 1.60. The smallest absolute Gasteiger partial charge is 0.249 e. The SMILES string of the molecule is CNS(=O)(=O)c1ccc(CNc2nc(CN3CCOCC3)nc3sc(C)c(C)c23)s1. The van der Waals surface area contributed by atoms with Gasteiger partial charge >= 0.3 is 0 Å². The van der Waals surface area contributed by atoms with E-state index in [0.29, 0.717) is 17.3 Å². The molecule has 0 spiro atoms. The van der Waals surface area contributed by atoms with E-state index < -0.39 is 10.0 Å². The topological polar surface area (TPSA) is 96.5 Å². The summed E-state index contributed by atoms with van der Waals surface area (Å²) < 4.78 is 32.1. The molecule has 4 rings (SSSR count). The number of aryl methyl sites for hydroxylation is 2. The predicted molar refractivity (Wildman–Crippen MR) is 121 cm³/mol. The summed E-state index contributed by atoms with van der Waals surface area (Å²) >= 11 is 2.94. The van der Waals surface area contributed by atoms with Gasteiger partial charge in [-0.05, 0) is 38.6 Å². The molecule has 0 amide bonds. The number of aromatic nitrogens is 2. The molecule has 30 heavy (non-hydrogen) atoms. The van der Waals surface area contributed by atoms with E-state index in [1.165, 1.54) is 28.8 Å². The van der Waals surface area contributed by atoms with Crippen LogP contribution in [0.2, 0.25) is 0 Å². The lowest BCUT2D eigenvalue weighted by molar-refractivity contribution is 0.0331. The van der Waals surface area contributed by atoms with E-state index in [9.17, 15) is 8.42 Å². The van der Waals surface area contributed by atoms with Gasteiger partial charge in [-0.1, -0.05) is 0 Å². The molecule has 3 aromatic rings. The van der Waals surface area contributed by atoms with Gasteiger partial charge in [0, 0.05) is 22.8 Å². The fraction of sp³-hybridized carbons (Fsp3) is 0.474. The number of ether oxygens (including phenoxy) is 1. The third kappa shape index (κ3) is 4.51. The van der Waals surface area contributed by atoms with E-state index in [1.54, 1.807) is 17.4 Å². The summed E-state index contributed by atoms with van der Waals surface area (Å²) in [5.41, 5.74) is 1.18. The predicted octanol–water partition coefficient (Wildman–Crippen LogP) is 2.72. The second-order valence-corrected chi connectivity index (χ2v) is 11.6. The first-order valence-electron chi connectivity index (χ1n) is 9.70. The van der Waals surface area contributed by atoms with Crippen molar-refractivity contribution in [3.8, 4) is 0 Å². The van der Waals surface area contributed by atoms with Gasteiger partial charge in [0.2, 0.25) is 10.0 Å². The van der Waals surface area contributed by atoms with Gasteiger partial charge < -0.3 is 10.1 Å². The molecule has 0 radical (unpaired) electrons. The minimum Gasteiger partial charge on any atom is -0.379 e. The summed E-state index contributed by atoms with van der Waals surface area (Å²) in [5, 5.41) is 4.47. The first-order chi connectivity index (χ1) is 14.4. The zero-order chi connectivity index (χ0) is 21.3. The van der Waals surface area contributed by atoms with Gasteiger partial charge in [0.05, 0.1) is 31.7 Å². The summed E-state index contributed by atoms with van der Waals surface area (Å²) in [6.07, 6.45) is 0. The minimum absolute atomic E-state index is 0.310. The van der Waals surface area contributed by atoms with Crippen molar-refractivity contribution in [2.45, 2.75) is 31.1 Å². The second-order valence-electron chi connectivity index (χ2n) is 7.12. The fourth-order valence-electron chi connectivity index (χ4n) is 3.32. The van der Waals surface area contributed by atoms with E-state index in [0.717, 1.165) is 53.0 Å². The van der Waals surface area contributed by atoms with Crippen LogP contribution in [0.5, 0.6) is 0 Å². The Morgan fingerprint density at radius 3 is 2.67 bits per heavy atom. The van der Waals surface area contributed by atoms with E-state index >= 15 is 0 Å². The van der Waals surface area contributed by atoms with Gasteiger partial charge in [-0.2, -0.15) is 0 Å². The molecule has 0 unspecified atom stereocenters. The van der Waals surface area contributed by atoms with Crippen LogP contribution >= 0.6 is 22.7 Å². The number of hydrogen-bond donors (Lipinski definition) is 2. The van der Waals surface area contributed by atoms with Crippen molar-refractivity contribution < 1.29 is 13.2 Å². The lowest BCUT2D eigenvalue weighted by Gasteiger charge is -2.25. The Kier molecular flexibility index (Phi) is 6.37. The number of hydrogen-bond acceptors (Lipinski definition) is 9. The van der Waals surface area contributed by atoms with Crippen molar-refractivity contribution in [2.24, 2.45) is 0 Å². The number of nitrogens with one attached hydrogen (secondary N) is 2. The Morgan fingerprint density at radius 2 is 1.93 bits per heavy atom. The van der Waals surface area contributed by atoms with Crippen LogP contribution in [-0.2, 0) is 27.8 Å². The Hall–Kier alpha value is -1.63. The van der Waals surface area contributed by atoms with Crippen LogP contribution in [0.25, 0.3) is 10.2 Å². The highest BCUT2D eigenvalue weighted by atomic mass is 32.2. The van der Waals surface area contributed by atoms with Crippen LogP contribution in [0.1, 0.15) is 21.1 Å². The molecule has 0 atom stereocenters. The largest absolute Gasteiger partial charge is 0.379 e. The van der Waals surface area contributed by atoms with Crippen LogP contribution in [0.3, 0.4) is 0 Å². The molecule has 1 fully saturated rings. The molecule has 4 heterocycles. The monoisotopic (exact) mass is 467 g/mol. The maximum absolute atomic E-state index is 12.0. The third-order valence-corrected chi connectivity index (χ3v) is 9.24. The van der Waals surface area contributed by atoms with Crippen molar-refractivity contribution in [1.82, 2.24) is 19.6 Å². The number of rotatable bonds is 7. The highest BCUT2D eigenvalue weighted by Gasteiger charge is 2.18. The number of sulfonamides is 1. The Morgan fingerprint density at radius 1 is 1.17 bits per heavy atom. The van der Waals surface area contributed by atoms with Gasteiger partial charge in [-0.3, -0.25) is 4.90 Å². The first-order valence-corrected chi connectivity index (χ1v) is 12.8. The minimum atomic E-state index is -3.42. The molecule has 2 N–H and O–H groups in total. The van der Waals surface area contributed by atoms with Crippen LogP contribution in [0.15, 0.2) is 16.3 Å². The highest BCUT2D eigenvalue weighted by molar-refractivity contribution is 7.91. The van der Waals surface area contributed by atoms with Crippen LogP contribution in [-0.4, -0.2) is 56.6 Å². The van der Waals surface area contributed by atoms with Crippen molar-refractivity contribution in [3.63, 3.8) is 0 Å². The number of fused-ring (bicyclic) bond motifs is 1. The molecule has 1 aliphatic rings. The Labute approximate surface area is 184 Å². The first kappa shape index (κ1) is 21.6. The van der Waals surface area contributed by atoms with Crippen molar-refractivity contribution in [2.75, 3.05) is 38.7 Å². The van der Waals surface area contributed by atoms with Gasteiger partial charge in [0.15, 0.2) is 0 Å². The van der Waals surface area contributed by atoms with Crippen LogP contribution in [0.4, 0.5) is 5.82 Å². The number of nitrogens with zero attached hydrogens (tertiary/aromatic N) is 3.